The van der Waals surface area contributed by atoms with Crippen LogP contribution in [-0.2, 0) is 6.67 Å². The van der Waals surface area contributed by atoms with E-state index < -0.39 is 0 Å². The maximum atomic E-state index is 12.1. The van der Waals surface area contributed by atoms with E-state index in [2.05, 4.69) is 10.3 Å². The zero-order chi connectivity index (χ0) is 12.4. The van der Waals surface area contributed by atoms with Crippen molar-refractivity contribution in [3.63, 3.8) is 0 Å². The van der Waals surface area contributed by atoms with E-state index in [4.69, 9.17) is 0 Å². The molecule has 18 heavy (non-hydrogen) atoms. The van der Waals surface area contributed by atoms with Crippen LogP contribution >= 0.6 is 11.5 Å². The fourth-order valence-corrected chi connectivity index (χ4v) is 2.68. The molecule has 0 fully saturated rings. The van der Waals surface area contributed by atoms with Gasteiger partial charge in [0.2, 0.25) is 0 Å². The van der Waals surface area contributed by atoms with E-state index in [1.54, 1.807) is 10.2 Å². The summed E-state index contributed by atoms with van der Waals surface area (Å²) in [5, 5.41) is 3.89. The number of nitrogens with one attached hydrogen (secondary N) is 1. The van der Waals surface area contributed by atoms with E-state index >= 15 is 0 Å². The Balaban J connectivity index is 1.87. The summed E-state index contributed by atoms with van der Waals surface area (Å²) in [6.45, 7) is 0.440. The van der Waals surface area contributed by atoms with Gasteiger partial charge in [0.15, 0.2) is 0 Å². The third-order valence-electron chi connectivity index (χ3n) is 2.62. The van der Waals surface area contributed by atoms with E-state index in [1.807, 2.05) is 42.5 Å². The Kier molecular flexibility index (Phi) is 2.82. The van der Waals surface area contributed by atoms with Gasteiger partial charge in [-0.15, -0.1) is 0 Å². The number of rotatable bonds is 3. The minimum absolute atomic E-state index is 0.0408. The van der Waals surface area contributed by atoms with Gasteiger partial charge in [-0.2, -0.15) is 0 Å². The Bertz CT molecular complexity index is 718. The molecule has 90 valence electrons. The molecule has 0 atom stereocenters. The topological polar surface area (TPSA) is 46.9 Å². The van der Waals surface area contributed by atoms with Gasteiger partial charge < -0.3 is 5.32 Å². The van der Waals surface area contributed by atoms with E-state index in [9.17, 15) is 4.79 Å². The van der Waals surface area contributed by atoms with Crippen molar-refractivity contribution in [2.75, 3.05) is 5.32 Å². The van der Waals surface area contributed by atoms with Crippen molar-refractivity contribution in [1.29, 1.82) is 0 Å². The van der Waals surface area contributed by atoms with Gasteiger partial charge in [-0.25, -0.2) is 8.94 Å². The molecule has 4 nitrogen and oxygen atoms in total. The number of aromatic nitrogens is 2. The number of anilines is 1. The van der Waals surface area contributed by atoms with Crippen molar-refractivity contribution in [3.05, 3.63) is 59.0 Å². The number of benzene rings is 1. The van der Waals surface area contributed by atoms with Crippen molar-refractivity contribution in [2.24, 2.45) is 0 Å². The van der Waals surface area contributed by atoms with Crippen LogP contribution in [0.2, 0.25) is 0 Å². The molecule has 0 bridgehead atoms. The van der Waals surface area contributed by atoms with Gasteiger partial charge in [-0.1, -0.05) is 29.7 Å². The maximum Gasteiger partial charge on any atom is 0.270 e. The molecule has 0 aliphatic rings. The molecule has 1 N–H and O–H groups in total. The van der Waals surface area contributed by atoms with E-state index in [1.165, 1.54) is 11.5 Å². The third-order valence-corrected chi connectivity index (χ3v) is 3.69. The molecule has 0 amide bonds. The van der Waals surface area contributed by atoms with Crippen LogP contribution in [0.5, 0.6) is 0 Å². The summed E-state index contributed by atoms with van der Waals surface area (Å²) in [4.78, 5) is 16.2. The lowest BCUT2D eigenvalue weighted by Gasteiger charge is -2.03. The Labute approximate surface area is 108 Å². The van der Waals surface area contributed by atoms with Gasteiger partial charge in [0.25, 0.3) is 5.56 Å². The second kappa shape index (κ2) is 4.62. The molecule has 0 unspecified atom stereocenters. The molecule has 2 heterocycles. The molecule has 3 aromatic rings. The fourth-order valence-electron chi connectivity index (χ4n) is 1.74. The number of hydrogen-bond donors (Lipinski definition) is 1. The monoisotopic (exact) mass is 257 g/mol. The smallest absolute Gasteiger partial charge is 0.270 e. The number of nitrogens with zero attached hydrogens (tertiary/aromatic N) is 2. The largest absolute Gasteiger partial charge is 0.351 e. The van der Waals surface area contributed by atoms with Crippen LogP contribution in [0.1, 0.15) is 0 Å². The van der Waals surface area contributed by atoms with Gasteiger partial charge in [-0.3, -0.25) is 4.79 Å². The minimum atomic E-state index is 0.0408. The molecule has 0 saturated carbocycles. The predicted octanol–water partition coefficient (Wildman–Crippen LogP) is 2.53. The first-order chi connectivity index (χ1) is 8.84. The van der Waals surface area contributed by atoms with Crippen LogP contribution in [0.4, 0.5) is 5.82 Å². The molecule has 1 aromatic carbocycles. The van der Waals surface area contributed by atoms with Gasteiger partial charge in [0, 0.05) is 6.20 Å². The van der Waals surface area contributed by atoms with Crippen molar-refractivity contribution in [3.8, 4) is 0 Å². The molecule has 0 aliphatic carbocycles. The summed E-state index contributed by atoms with van der Waals surface area (Å²) in [7, 11) is 0. The molecule has 5 heteroatoms. The van der Waals surface area contributed by atoms with Gasteiger partial charge in [0.05, 0.1) is 10.1 Å². The zero-order valence-electron chi connectivity index (χ0n) is 9.54. The van der Waals surface area contributed by atoms with E-state index in [0.717, 1.165) is 15.9 Å². The highest BCUT2D eigenvalue weighted by Gasteiger charge is 2.05. The van der Waals surface area contributed by atoms with Crippen LogP contribution < -0.4 is 10.9 Å². The minimum Gasteiger partial charge on any atom is -0.351 e. The normalized spacial score (nSPS) is 10.7. The van der Waals surface area contributed by atoms with E-state index in [-0.39, 0.29) is 5.56 Å². The van der Waals surface area contributed by atoms with Crippen LogP contribution in [0.25, 0.3) is 10.1 Å². The van der Waals surface area contributed by atoms with Gasteiger partial charge >= 0.3 is 0 Å². The highest BCUT2D eigenvalue weighted by atomic mass is 32.1. The second-order valence-corrected chi connectivity index (χ2v) is 4.88. The summed E-state index contributed by atoms with van der Waals surface area (Å²) in [5.74, 6) is 0.766. The molecule has 0 radical (unpaired) electrons. The van der Waals surface area contributed by atoms with Gasteiger partial charge in [0.1, 0.15) is 12.5 Å². The summed E-state index contributed by atoms with van der Waals surface area (Å²) in [6.07, 6.45) is 1.72. The Hall–Kier alpha value is -2.14. The molecule has 2 aromatic heterocycles. The number of hydrogen-bond acceptors (Lipinski definition) is 4. The number of pyridine rings is 1. The average Bonchev–Trinajstić information content (AvgIpc) is 2.75. The third kappa shape index (κ3) is 2.00. The first-order valence-corrected chi connectivity index (χ1v) is 6.36. The predicted molar refractivity (Wildman–Crippen MR) is 73.9 cm³/mol. The van der Waals surface area contributed by atoms with Crippen molar-refractivity contribution < 1.29 is 0 Å². The highest BCUT2D eigenvalue weighted by Crippen LogP contribution is 2.15. The lowest BCUT2D eigenvalue weighted by Crippen LogP contribution is -2.18. The molecular formula is C13H11N3OS. The first kappa shape index (κ1) is 11.0. The second-order valence-electron chi connectivity index (χ2n) is 3.82. The van der Waals surface area contributed by atoms with Crippen molar-refractivity contribution in [1.82, 2.24) is 8.94 Å². The molecular weight excluding hydrogens is 246 g/mol. The average molecular weight is 257 g/mol. The Morgan fingerprint density at radius 3 is 2.78 bits per heavy atom. The SMILES string of the molecule is O=c1c2ccccc2sn1CNc1ccccn1. The molecule has 0 spiro atoms. The Morgan fingerprint density at radius 2 is 2.00 bits per heavy atom. The van der Waals surface area contributed by atoms with Crippen LogP contribution in [-0.4, -0.2) is 8.94 Å². The maximum absolute atomic E-state index is 12.1. The summed E-state index contributed by atoms with van der Waals surface area (Å²) >= 11 is 1.46. The van der Waals surface area contributed by atoms with Crippen LogP contribution in [0, 0.1) is 0 Å². The lowest BCUT2D eigenvalue weighted by atomic mass is 10.3. The standard InChI is InChI=1S/C13H11N3OS/c17-13-10-5-1-2-6-11(10)18-16(13)9-15-12-7-3-4-8-14-12/h1-8H,9H2,(H,14,15). The molecule has 0 aliphatic heterocycles. The highest BCUT2D eigenvalue weighted by molar-refractivity contribution is 7.13. The zero-order valence-corrected chi connectivity index (χ0v) is 10.4. The molecule has 3 rings (SSSR count). The van der Waals surface area contributed by atoms with Gasteiger partial charge in [-0.05, 0) is 24.3 Å². The summed E-state index contributed by atoms with van der Waals surface area (Å²) in [6, 6.07) is 13.3. The summed E-state index contributed by atoms with van der Waals surface area (Å²) in [5.41, 5.74) is 0.0408. The van der Waals surface area contributed by atoms with E-state index in [0.29, 0.717) is 6.67 Å². The number of fused-ring (bicyclic) bond motifs is 1. The quantitative estimate of drug-likeness (QED) is 0.784. The van der Waals surface area contributed by atoms with Crippen LogP contribution in [0.15, 0.2) is 53.5 Å². The van der Waals surface area contributed by atoms with Crippen LogP contribution in [0.3, 0.4) is 0 Å². The van der Waals surface area contributed by atoms with Crippen molar-refractivity contribution >= 4 is 27.4 Å². The first-order valence-electron chi connectivity index (χ1n) is 5.58. The lowest BCUT2D eigenvalue weighted by molar-refractivity contribution is 0.822. The summed E-state index contributed by atoms with van der Waals surface area (Å²) < 4.78 is 2.70. The fraction of sp³-hybridized carbons (Fsp3) is 0.0769. The Morgan fingerprint density at radius 1 is 1.17 bits per heavy atom. The van der Waals surface area contributed by atoms with Crippen molar-refractivity contribution in [2.45, 2.75) is 6.67 Å². The molecule has 0 saturated heterocycles.